The summed E-state index contributed by atoms with van der Waals surface area (Å²) in [6, 6.07) is 7.29. The molecule has 0 radical (unpaired) electrons. The number of fused-ring (bicyclic) bond motifs is 1. The fraction of sp³-hybridized carbons (Fsp3) is 0.381. The Kier molecular flexibility index (Phi) is 5.17. The van der Waals surface area contributed by atoms with Crippen molar-refractivity contribution in [2.75, 3.05) is 20.2 Å². The molecule has 0 spiro atoms. The Balaban J connectivity index is 1.88. The molecular weight excluding hydrogens is 344 g/mol. The second-order valence-corrected chi connectivity index (χ2v) is 7.49. The number of aromatic nitrogens is 1. The fourth-order valence-corrected chi connectivity index (χ4v) is 3.08. The highest BCUT2D eigenvalue weighted by Crippen LogP contribution is 2.29. The molecule has 3 rings (SSSR count). The summed E-state index contributed by atoms with van der Waals surface area (Å²) in [5.41, 5.74) is 2.95. The molecule has 0 saturated heterocycles. The second kappa shape index (κ2) is 7.39. The standard InChI is InChI=1S/C21H24N2O4/c1-21(2,3)27-20(25)23-11-8-14(9-12-23)16-7-10-22-18-6-5-15(13-17(16)18)19(24)26-4/h5-8,10,13H,9,11-12H2,1-4H3. The summed E-state index contributed by atoms with van der Waals surface area (Å²) in [5.74, 6) is -0.375. The van der Waals surface area contributed by atoms with E-state index in [1.807, 2.05) is 45.0 Å². The van der Waals surface area contributed by atoms with E-state index in [2.05, 4.69) is 4.98 Å². The van der Waals surface area contributed by atoms with Crippen molar-refractivity contribution in [3.8, 4) is 0 Å². The van der Waals surface area contributed by atoms with Gasteiger partial charge in [0.15, 0.2) is 0 Å². The SMILES string of the molecule is COC(=O)c1ccc2nccc(C3=CCN(C(=O)OC(C)(C)C)CC3)c2c1. The van der Waals surface area contributed by atoms with E-state index in [9.17, 15) is 9.59 Å². The van der Waals surface area contributed by atoms with Crippen molar-refractivity contribution in [3.05, 3.63) is 47.7 Å². The number of hydrogen-bond donors (Lipinski definition) is 0. The molecule has 1 aromatic carbocycles. The Morgan fingerprint density at radius 3 is 2.59 bits per heavy atom. The number of carbonyl (C=O) groups is 2. The van der Waals surface area contributed by atoms with E-state index in [-0.39, 0.29) is 12.1 Å². The number of ether oxygens (including phenoxy) is 2. The van der Waals surface area contributed by atoms with Gasteiger partial charge in [0.05, 0.1) is 18.2 Å². The van der Waals surface area contributed by atoms with Gasteiger partial charge in [-0.2, -0.15) is 0 Å². The van der Waals surface area contributed by atoms with Gasteiger partial charge in [0.2, 0.25) is 0 Å². The summed E-state index contributed by atoms with van der Waals surface area (Å²) < 4.78 is 10.3. The number of hydrogen-bond acceptors (Lipinski definition) is 5. The van der Waals surface area contributed by atoms with Crippen LogP contribution in [0.2, 0.25) is 0 Å². The van der Waals surface area contributed by atoms with E-state index < -0.39 is 5.60 Å². The van der Waals surface area contributed by atoms with Gasteiger partial charge in [0, 0.05) is 24.7 Å². The van der Waals surface area contributed by atoms with E-state index in [0.29, 0.717) is 25.1 Å². The number of esters is 1. The third-order valence-electron chi connectivity index (χ3n) is 4.37. The van der Waals surface area contributed by atoms with Crippen molar-refractivity contribution >= 4 is 28.5 Å². The molecule has 0 fully saturated rings. The number of carbonyl (C=O) groups excluding carboxylic acids is 2. The molecular formula is C21H24N2O4. The van der Waals surface area contributed by atoms with Crippen molar-refractivity contribution in [3.63, 3.8) is 0 Å². The lowest BCUT2D eigenvalue weighted by Gasteiger charge is -2.29. The van der Waals surface area contributed by atoms with Gasteiger partial charge in [-0.05, 0) is 62.6 Å². The van der Waals surface area contributed by atoms with Crippen LogP contribution in [0.25, 0.3) is 16.5 Å². The second-order valence-electron chi connectivity index (χ2n) is 7.49. The minimum Gasteiger partial charge on any atom is -0.465 e. The molecule has 27 heavy (non-hydrogen) atoms. The molecule has 1 amide bonds. The molecule has 142 valence electrons. The molecule has 0 unspecified atom stereocenters. The predicted molar refractivity (Wildman–Crippen MR) is 103 cm³/mol. The van der Waals surface area contributed by atoms with Gasteiger partial charge in [-0.1, -0.05) is 6.08 Å². The first-order valence-electron chi connectivity index (χ1n) is 8.93. The van der Waals surface area contributed by atoms with Gasteiger partial charge in [-0.15, -0.1) is 0 Å². The largest absolute Gasteiger partial charge is 0.465 e. The number of pyridine rings is 1. The first-order valence-corrected chi connectivity index (χ1v) is 8.93. The lowest BCUT2D eigenvalue weighted by atomic mass is 9.95. The van der Waals surface area contributed by atoms with Crippen molar-refractivity contribution in [1.29, 1.82) is 0 Å². The average Bonchev–Trinajstić information content (AvgIpc) is 2.65. The highest BCUT2D eigenvalue weighted by Gasteiger charge is 2.24. The minimum atomic E-state index is -0.507. The number of rotatable bonds is 2. The maximum absolute atomic E-state index is 12.2. The fourth-order valence-electron chi connectivity index (χ4n) is 3.08. The summed E-state index contributed by atoms with van der Waals surface area (Å²) in [4.78, 5) is 30.2. The topological polar surface area (TPSA) is 68.7 Å². The zero-order valence-electron chi connectivity index (χ0n) is 16.1. The van der Waals surface area contributed by atoms with Crippen molar-refractivity contribution in [2.45, 2.75) is 32.8 Å². The normalized spacial score (nSPS) is 14.7. The van der Waals surface area contributed by atoms with Gasteiger partial charge < -0.3 is 14.4 Å². The maximum Gasteiger partial charge on any atom is 0.410 e. The summed E-state index contributed by atoms with van der Waals surface area (Å²) in [6.07, 6.45) is 4.20. The van der Waals surface area contributed by atoms with Crippen LogP contribution in [0.15, 0.2) is 36.5 Å². The molecule has 6 heteroatoms. The van der Waals surface area contributed by atoms with E-state index >= 15 is 0 Å². The lowest BCUT2D eigenvalue weighted by molar-refractivity contribution is 0.0270. The number of benzene rings is 1. The van der Waals surface area contributed by atoms with E-state index in [0.717, 1.165) is 22.0 Å². The third-order valence-corrected chi connectivity index (χ3v) is 4.37. The summed E-state index contributed by atoms with van der Waals surface area (Å²) in [7, 11) is 1.37. The van der Waals surface area contributed by atoms with Crippen LogP contribution < -0.4 is 0 Å². The van der Waals surface area contributed by atoms with Crippen LogP contribution in [0, 0.1) is 0 Å². The van der Waals surface area contributed by atoms with Crippen LogP contribution in [-0.2, 0) is 9.47 Å². The predicted octanol–water partition coefficient (Wildman–Crippen LogP) is 4.05. The molecule has 2 heterocycles. The molecule has 0 bridgehead atoms. The Morgan fingerprint density at radius 2 is 1.96 bits per heavy atom. The van der Waals surface area contributed by atoms with Crippen LogP contribution in [0.5, 0.6) is 0 Å². The molecule has 0 N–H and O–H groups in total. The number of amides is 1. The zero-order chi connectivity index (χ0) is 19.6. The van der Waals surface area contributed by atoms with E-state index in [1.54, 1.807) is 17.2 Å². The van der Waals surface area contributed by atoms with Crippen LogP contribution in [0.4, 0.5) is 4.79 Å². The molecule has 1 aromatic heterocycles. The summed E-state index contributed by atoms with van der Waals surface area (Å²) >= 11 is 0. The van der Waals surface area contributed by atoms with Crippen LogP contribution in [0.1, 0.15) is 43.1 Å². The molecule has 6 nitrogen and oxygen atoms in total. The first kappa shape index (κ1) is 18.9. The Labute approximate surface area is 158 Å². The lowest BCUT2D eigenvalue weighted by Crippen LogP contribution is -2.39. The Bertz CT molecular complexity index is 912. The smallest absolute Gasteiger partial charge is 0.410 e. The Hall–Kier alpha value is -2.89. The van der Waals surface area contributed by atoms with Crippen LogP contribution in [0.3, 0.4) is 0 Å². The molecule has 2 aromatic rings. The number of nitrogens with zero attached hydrogens (tertiary/aromatic N) is 2. The number of methoxy groups -OCH3 is 1. The average molecular weight is 368 g/mol. The Morgan fingerprint density at radius 1 is 1.19 bits per heavy atom. The molecule has 1 aliphatic heterocycles. The van der Waals surface area contributed by atoms with Gasteiger partial charge in [-0.25, -0.2) is 9.59 Å². The van der Waals surface area contributed by atoms with Crippen molar-refractivity contribution in [2.24, 2.45) is 0 Å². The highest BCUT2D eigenvalue weighted by atomic mass is 16.6. The molecule has 0 atom stereocenters. The summed E-state index contributed by atoms with van der Waals surface area (Å²) in [6.45, 7) is 6.65. The van der Waals surface area contributed by atoms with Crippen molar-refractivity contribution in [1.82, 2.24) is 9.88 Å². The molecule has 0 saturated carbocycles. The highest BCUT2D eigenvalue weighted by molar-refractivity contribution is 5.98. The molecule has 1 aliphatic rings. The maximum atomic E-state index is 12.2. The third kappa shape index (κ3) is 4.27. The van der Waals surface area contributed by atoms with Crippen LogP contribution in [-0.4, -0.2) is 47.7 Å². The van der Waals surface area contributed by atoms with Gasteiger partial charge in [0.25, 0.3) is 0 Å². The quantitative estimate of drug-likeness (QED) is 0.748. The monoisotopic (exact) mass is 368 g/mol. The summed E-state index contributed by atoms with van der Waals surface area (Å²) in [5, 5.41) is 0.900. The van der Waals surface area contributed by atoms with E-state index in [1.165, 1.54) is 7.11 Å². The van der Waals surface area contributed by atoms with Crippen LogP contribution >= 0.6 is 0 Å². The van der Waals surface area contributed by atoms with E-state index in [4.69, 9.17) is 9.47 Å². The zero-order valence-corrected chi connectivity index (χ0v) is 16.1. The van der Waals surface area contributed by atoms with Crippen molar-refractivity contribution < 1.29 is 19.1 Å². The van der Waals surface area contributed by atoms with Gasteiger partial charge in [-0.3, -0.25) is 4.98 Å². The van der Waals surface area contributed by atoms with Gasteiger partial charge in [0.1, 0.15) is 5.60 Å². The minimum absolute atomic E-state index is 0.301. The molecule has 0 aliphatic carbocycles. The van der Waals surface area contributed by atoms with Gasteiger partial charge >= 0.3 is 12.1 Å². The first-order chi connectivity index (χ1) is 12.8.